The number of pyridine rings is 2. The summed E-state index contributed by atoms with van der Waals surface area (Å²) in [6.45, 7) is 0.527. The summed E-state index contributed by atoms with van der Waals surface area (Å²) in [5.74, 6) is 0.0740. The van der Waals surface area contributed by atoms with E-state index in [9.17, 15) is 4.39 Å². The zero-order valence-corrected chi connectivity index (χ0v) is 8.64. The molecule has 82 valence electrons. The first-order chi connectivity index (χ1) is 7.84. The molecule has 0 aliphatic rings. The Morgan fingerprint density at radius 3 is 2.81 bits per heavy atom. The Kier molecular flexibility index (Phi) is 3.43. The van der Waals surface area contributed by atoms with Gasteiger partial charge >= 0.3 is 0 Å². The highest BCUT2D eigenvalue weighted by Crippen LogP contribution is 2.08. The van der Waals surface area contributed by atoms with E-state index in [4.69, 9.17) is 4.74 Å². The molecule has 0 aliphatic heterocycles. The zero-order valence-electron chi connectivity index (χ0n) is 8.64. The van der Waals surface area contributed by atoms with Crippen molar-refractivity contribution in [1.29, 1.82) is 0 Å². The van der Waals surface area contributed by atoms with Gasteiger partial charge in [0.25, 0.3) is 0 Å². The van der Waals surface area contributed by atoms with Gasteiger partial charge in [-0.1, -0.05) is 6.07 Å². The van der Waals surface area contributed by atoms with E-state index in [1.807, 2.05) is 12.1 Å². The van der Waals surface area contributed by atoms with Gasteiger partial charge in [0, 0.05) is 18.8 Å². The molecule has 16 heavy (non-hydrogen) atoms. The molecule has 0 unspecified atom stereocenters. The first-order valence-corrected chi connectivity index (χ1v) is 4.98. The summed E-state index contributed by atoms with van der Waals surface area (Å²) in [5, 5.41) is 0. The Labute approximate surface area is 92.9 Å². The summed E-state index contributed by atoms with van der Waals surface area (Å²) in [6, 6.07) is 6.71. The molecule has 0 saturated carbocycles. The fourth-order valence-corrected chi connectivity index (χ4v) is 1.28. The molecule has 0 spiro atoms. The smallest absolute Gasteiger partial charge is 0.213 e. The molecule has 0 atom stereocenters. The van der Waals surface area contributed by atoms with Crippen LogP contribution >= 0.6 is 0 Å². The van der Waals surface area contributed by atoms with Crippen molar-refractivity contribution < 1.29 is 9.13 Å². The van der Waals surface area contributed by atoms with E-state index in [-0.39, 0.29) is 0 Å². The third-order valence-electron chi connectivity index (χ3n) is 2.08. The van der Waals surface area contributed by atoms with Crippen LogP contribution in [0.25, 0.3) is 0 Å². The minimum atomic E-state index is -0.500. The number of hydrogen-bond acceptors (Lipinski definition) is 3. The van der Waals surface area contributed by atoms with Gasteiger partial charge in [-0.15, -0.1) is 0 Å². The lowest BCUT2D eigenvalue weighted by Crippen LogP contribution is -2.01. The molecule has 2 rings (SSSR count). The molecular weight excluding hydrogens is 207 g/mol. The number of ether oxygens (including phenoxy) is 1. The van der Waals surface area contributed by atoms with Crippen molar-refractivity contribution >= 4 is 0 Å². The number of aromatic nitrogens is 2. The van der Waals surface area contributed by atoms with Gasteiger partial charge in [0.1, 0.15) is 5.75 Å². The Morgan fingerprint density at radius 2 is 2.12 bits per heavy atom. The summed E-state index contributed by atoms with van der Waals surface area (Å²) in [7, 11) is 0. The Morgan fingerprint density at radius 1 is 1.19 bits per heavy atom. The highest BCUT2D eigenvalue weighted by atomic mass is 19.1. The summed E-state index contributed by atoms with van der Waals surface area (Å²) in [5.41, 5.74) is 1.11. The maximum atomic E-state index is 12.5. The van der Waals surface area contributed by atoms with Crippen molar-refractivity contribution in [1.82, 2.24) is 9.97 Å². The van der Waals surface area contributed by atoms with E-state index >= 15 is 0 Å². The van der Waals surface area contributed by atoms with E-state index in [0.29, 0.717) is 12.4 Å². The largest absolute Gasteiger partial charge is 0.492 e. The van der Waals surface area contributed by atoms with Crippen LogP contribution < -0.4 is 4.74 Å². The second kappa shape index (κ2) is 5.21. The SMILES string of the molecule is Fc1ccc(OCCc2cccnc2)cn1. The summed E-state index contributed by atoms with van der Waals surface area (Å²) >= 11 is 0. The Hall–Kier alpha value is -1.97. The molecule has 0 aromatic carbocycles. The molecule has 0 radical (unpaired) electrons. The van der Waals surface area contributed by atoms with Crippen LogP contribution in [0, 0.1) is 5.95 Å². The second-order valence-electron chi connectivity index (χ2n) is 3.28. The van der Waals surface area contributed by atoms with E-state index in [2.05, 4.69) is 9.97 Å². The normalized spacial score (nSPS) is 10.1. The first-order valence-electron chi connectivity index (χ1n) is 4.98. The lowest BCUT2D eigenvalue weighted by Gasteiger charge is -2.04. The minimum Gasteiger partial charge on any atom is -0.492 e. The van der Waals surface area contributed by atoms with Gasteiger partial charge in [0.15, 0.2) is 0 Å². The molecule has 0 N–H and O–H groups in total. The minimum absolute atomic E-state index is 0.500. The van der Waals surface area contributed by atoms with Crippen molar-refractivity contribution in [3.05, 3.63) is 54.4 Å². The Balaban J connectivity index is 1.82. The second-order valence-corrected chi connectivity index (χ2v) is 3.28. The van der Waals surface area contributed by atoms with Crippen LogP contribution in [0.2, 0.25) is 0 Å². The number of hydrogen-bond donors (Lipinski definition) is 0. The van der Waals surface area contributed by atoms with E-state index in [1.54, 1.807) is 18.5 Å². The van der Waals surface area contributed by atoms with Crippen molar-refractivity contribution in [2.24, 2.45) is 0 Å². The predicted octanol–water partition coefficient (Wildman–Crippen LogP) is 2.24. The van der Waals surface area contributed by atoms with Gasteiger partial charge in [-0.2, -0.15) is 4.39 Å². The molecule has 2 aromatic rings. The van der Waals surface area contributed by atoms with Crippen LogP contribution in [0.3, 0.4) is 0 Å². The third-order valence-corrected chi connectivity index (χ3v) is 2.08. The molecular formula is C12H11FN2O. The van der Waals surface area contributed by atoms with E-state index in [1.165, 1.54) is 12.3 Å². The van der Waals surface area contributed by atoms with E-state index < -0.39 is 5.95 Å². The van der Waals surface area contributed by atoms with Crippen molar-refractivity contribution in [2.75, 3.05) is 6.61 Å². The lowest BCUT2D eigenvalue weighted by molar-refractivity contribution is 0.319. The van der Waals surface area contributed by atoms with Gasteiger partial charge in [-0.25, -0.2) is 4.98 Å². The molecule has 0 fully saturated rings. The zero-order chi connectivity index (χ0) is 11.2. The van der Waals surface area contributed by atoms with Gasteiger partial charge in [-0.3, -0.25) is 4.98 Å². The monoisotopic (exact) mass is 218 g/mol. The van der Waals surface area contributed by atoms with Crippen LogP contribution in [0.5, 0.6) is 5.75 Å². The first kappa shape index (κ1) is 10.5. The molecule has 0 aliphatic carbocycles. The van der Waals surface area contributed by atoms with E-state index in [0.717, 1.165) is 12.0 Å². The fraction of sp³-hybridized carbons (Fsp3) is 0.167. The molecule has 0 saturated heterocycles. The average molecular weight is 218 g/mol. The molecule has 3 nitrogen and oxygen atoms in total. The molecule has 0 bridgehead atoms. The van der Waals surface area contributed by atoms with Crippen LogP contribution in [0.4, 0.5) is 4.39 Å². The number of nitrogens with zero attached hydrogens (tertiary/aromatic N) is 2. The predicted molar refractivity (Wildman–Crippen MR) is 57.6 cm³/mol. The van der Waals surface area contributed by atoms with Crippen molar-refractivity contribution in [3.63, 3.8) is 0 Å². The topological polar surface area (TPSA) is 35.0 Å². The maximum absolute atomic E-state index is 12.5. The fourth-order valence-electron chi connectivity index (χ4n) is 1.28. The number of halogens is 1. The lowest BCUT2D eigenvalue weighted by atomic mass is 10.2. The van der Waals surface area contributed by atoms with Crippen LogP contribution in [-0.2, 0) is 6.42 Å². The third kappa shape index (κ3) is 3.02. The summed E-state index contributed by atoms with van der Waals surface area (Å²) < 4.78 is 17.9. The highest BCUT2D eigenvalue weighted by Gasteiger charge is 1.96. The van der Waals surface area contributed by atoms with Crippen LogP contribution in [-0.4, -0.2) is 16.6 Å². The molecule has 2 aromatic heterocycles. The molecule has 4 heteroatoms. The van der Waals surface area contributed by atoms with Crippen molar-refractivity contribution in [3.8, 4) is 5.75 Å². The van der Waals surface area contributed by atoms with Gasteiger partial charge in [-0.05, 0) is 23.8 Å². The van der Waals surface area contributed by atoms with Crippen molar-refractivity contribution in [2.45, 2.75) is 6.42 Å². The standard InChI is InChI=1S/C12H11FN2O/c13-12-4-3-11(9-15-12)16-7-5-10-2-1-6-14-8-10/h1-4,6,8-9H,5,7H2. The van der Waals surface area contributed by atoms with Gasteiger partial charge in [0.05, 0.1) is 12.8 Å². The highest BCUT2D eigenvalue weighted by molar-refractivity contribution is 5.16. The van der Waals surface area contributed by atoms with Crippen LogP contribution in [0.1, 0.15) is 5.56 Å². The average Bonchev–Trinajstić information content (AvgIpc) is 2.33. The summed E-state index contributed by atoms with van der Waals surface area (Å²) in [4.78, 5) is 7.51. The number of rotatable bonds is 4. The quantitative estimate of drug-likeness (QED) is 0.738. The van der Waals surface area contributed by atoms with Gasteiger partial charge in [0.2, 0.25) is 5.95 Å². The molecule has 0 amide bonds. The van der Waals surface area contributed by atoms with Crippen LogP contribution in [0.15, 0.2) is 42.9 Å². The van der Waals surface area contributed by atoms with Gasteiger partial charge < -0.3 is 4.74 Å². The Bertz CT molecular complexity index is 431. The maximum Gasteiger partial charge on any atom is 0.213 e. The summed E-state index contributed by atoms with van der Waals surface area (Å²) in [6.07, 6.45) is 5.67. The molecule has 2 heterocycles.